The molecule has 1 amide bonds. The number of amides is 1. The van der Waals surface area contributed by atoms with Gasteiger partial charge in [-0.25, -0.2) is 0 Å². The molecule has 0 saturated carbocycles. The van der Waals surface area contributed by atoms with Crippen molar-refractivity contribution in [1.29, 1.82) is 0 Å². The fourth-order valence-electron chi connectivity index (χ4n) is 4.11. The summed E-state index contributed by atoms with van der Waals surface area (Å²) in [6, 6.07) is 14.4. The number of morpholine rings is 1. The summed E-state index contributed by atoms with van der Waals surface area (Å²) in [5.74, 6) is 0.109. The van der Waals surface area contributed by atoms with E-state index in [-0.39, 0.29) is 5.91 Å². The molecule has 2 aliphatic rings. The largest absolute Gasteiger partial charge is 0.379 e. The first-order valence-electron chi connectivity index (χ1n) is 9.86. The maximum atomic E-state index is 13.1. The number of carbonyl (C=O) groups is 1. The van der Waals surface area contributed by atoms with Crippen molar-refractivity contribution in [3.63, 3.8) is 0 Å². The lowest BCUT2D eigenvalue weighted by molar-refractivity contribution is -0.00122. The second-order valence-corrected chi connectivity index (χ2v) is 7.39. The zero-order valence-corrected chi connectivity index (χ0v) is 15.9. The molecule has 5 heteroatoms. The smallest absolute Gasteiger partial charge is 0.255 e. The highest BCUT2D eigenvalue weighted by Gasteiger charge is 2.29. The Bertz CT molecular complexity index is 787. The number of likely N-dealkylation sites (tertiary alicyclic amines) is 1. The van der Waals surface area contributed by atoms with Crippen LogP contribution in [0.4, 0.5) is 0 Å². The van der Waals surface area contributed by atoms with Gasteiger partial charge >= 0.3 is 0 Å². The number of carbonyl (C=O) groups excluding carboxylic acids is 1. The van der Waals surface area contributed by atoms with Gasteiger partial charge in [0.05, 0.1) is 30.2 Å². The average molecular weight is 365 g/mol. The van der Waals surface area contributed by atoms with E-state index in [0.29, 0.717) is 6.04 Å². The molecule has 2 saturated heterocycles. The molecule has 3 heterocycles. The van der Waals surface area contributed by atoms with Crippen molar-refractivity contribution >= 4 is 5.91 Å². The predicted octanol–water partition coefficient (Wildman–Crippen LogP) is 2.99. The molecule has 0 aliphatic carbocycles. The Morgan fingerprint density at radius 3 is 2.59 bits per heavy atom. The third kappa shape index (κ3) is 4.04. The Kier molecular flexibility index (Phi) is 5.50. The first-order chi connectivity index (χ1) is 13.2. The van der Waals surface area contributed by atoms with Crippen molar-refractivity contribution in [2.75, 3.05) is 39.4 Å². The van der Waals surface area contributed by atoms with Gasteiger partial charge in [-0.15, -0.1) is 0 Å². The van der Waals surface area contributed by atoms with Gasteiger partial charge < -0.3 is 9.64 Å². The van der Waals surface area contributed by atoms with Crippen LogP contribution in [0.1, 0.15) is 28.9 Å². The van der Waals surface area contributed by atoms with E-state index >= 15 is 0 Å². The normalized spacial score (nSPS) is 21.2. The van der Waals surface area contributed by atoms with Crippen LogP contribution in [0.2, 0.25) is 0 Å². The number of nitrogens with zero attached hydrogens (tertiary/aromatic N) is 3. The maximum Gasteiger partial charge on any atom is 0.255 e. The van der Waals surface area contributed by atoms with Crippen LogP contribution in [0.5, 0.6) is 0 Å². The molecule has 4 rings (SSSR count). The molecule has 0 N–H and O–H groups in total. The predicted molar refractivity (Wildman–Crippen MR) is 106 cm³/mol. The van der Waals surface area contributed by atoms with Crippen LogP contribution in [0.25, 0.3) is 11.3 Å². The van der Waals surface area contributed by atoms with Crippen LogP contribution in [-0.4, -0.2) is 66.1 Å². The molecule has 5 nitrogen and oxygen atoms in total. The maximum absolute atomic E-state index is 13.1. The van der Waals surface area contributed by atoms with Crippen molar-refractivity contribution in [1.82, 2.24) is 14.8 Å². The minimum Gasteiger partial charge on any atom is -0.379 e. The second kappa shape index (κ2) is 8.19. The third-order valence-electron chi connectivity index (χ3n) is 5.63. The van der Waals surface area contributed by atoms with Crippen molar-refractivity contribution in [2.24, 2.45) is 0 Å². The summed E-state index contributed by atoms with van der Waals surface area (Å²) in [4.78, 5) is 22.3. The fraction of sp³-hybridized carbons (Fsp3) is 0.455. The standard InChI is InChI=1S/C22H27N3O2/c1-17-20(9-10-21(23-17)18-6-3-2-4-7-18)22(26)25-11-5-8-19(16-25)24-12-14-27-15-13-24/h2-4,6-7,9-10,19H,5,8,11-16H2,1H3. The van der Waals surface area contributed by atoms with E-state index in [1.165, 1.54) is 0 Å². The van der Waals surface area contributed by atoms with Crippen molar-refractivity contribution in [3.8, 4) is 11.3 Å². The zero-order valence-electron chi connectivity index (χ0n) is 15.9. The van der Waals surface area contributed by atoms with E-state index in [2.05, 4.69) is 4.90 Å². The number of rotatable bonds is 3. The SMILES string of the molecule is Cc1nc(-c2ccccc2)ccc1C(=O)N1CCCC(N2CCOCC2)C1. The summed E-state index contributed by atoms with van der Waals surface area (Å²) < 4.78 is 5.47. The Morgan fingerprint density at radius 1 is 1.07 bits per heavy atom. The van der Waals surface area contributed by atoms with Gasteiger partial charge in [-0.2, -0.15) is 0 Å². The lowest BCUT2D eigenvalue weighted by Crippen LogP contribution is -2.52. The summed E-state index contributed by atoms with van der Waals surface area (Å²) in [5.41, 5.74) is 3.51. The van der Waals surface area contributed by atoms with Gasteiger partial charge in [-0.1, -0.05) is 30.3 Å². The molecule has 1 aromatic carbocycles. The molecule has 27 heavy (non-hydrogen) atoms. The van der Waals surface area contributed by atoms with Gasteiger partial charge in [-0.05, 0) is 31.9 Å². The molecule has 2 aliphatic heterocycles. The van der Waals surface area contributed by atoms with Gasteiger partial charge in [0, 0.05) is 37.8 Å². The summed E-state index contributed by atoms with van der Waals surface area (Å²) in [6.07, 6.45) is 2.22. The quantitative estimate of drug-likeness (QED) is 0.839. The summed E-state index contributed by atoms with van der Waals surface area (Å²) in [6.45, 7) is 7.11. The van der Waals surface area contributed by atoms with E-state index in [0.717, 1.165) is 74.7 Å². The minimum absolute atomic E-state index is 0.109. The molecule has 1 atom stereocenters. The monoisotopic (exact) mass is 365 g/mol. The van der Waals surface area contributed by atoms with Crippen LogP contribution in [0.3, 0.4) is 0 Å². The van der Waals surface area contributed by atoms with Crippen LogP contribution in [-0.2, 0) is 4.74 Å². The minimum atomic E-state index is 0.109. The highest BCUT2D eigenvalue weighted by atomic mass is 16.5. The first kappa shape index (κ1) is 18.1. The fourth-order valence-corrected chi connectivity index (χ4v) is 4.11. The number of hydrogen-bond donors (Lipinski definition) is 0. The lowest BCUT2D eigenvalue weighted by atomic mass is 10.0. The van der Waals surface area contributed by atoms with E-state index in [4.69, 9.17) is 9.72 Å². The van der Waals surface area contributed by atoms with Gasteiger partial charge in [-0.3, -0.25) is 14.7 Å². The zero-order chi connectivity index (χ0) is 18.6. The van der Waals surface area contributed by atoms with Gasteiger partial charge in [0.2, 0.25) is 0 Å². The van der Waals surface area contributed by atoms with Gasteiger partial charge in [0.1, 0.15) is 0 Å². The third-order valence-corrected chi connectivity index (χ3v) is 5.63. The van der Waals surface area contributed by atoms with Crippen molar-refractivity contribution in [2.45, 2.75) is 25.8 Å². The number of pyridine rings is 1. The average Bonchev–Trinajstić information content (AvgIpc) is 2.74. The second-order valence-electron chi connectivity index (χ2n) is 7.39. The molecular formula is C22H27N3O2. The van der Waals surface area contributed by atoms with Crippen molar-refractivity contribution < 1.29 is 9.53 Å². The molecule has 0 radical (unpaired) electrons. The molecule has 0 spiro atoms. The molecule has 1 aromatic heterocycles. The number of ether oxygens (including phenoxy) is 1. The lowest BCUT2D eigenvalue weighted by Gasteiger charge is -2.41. The molecule has 2 aromatic rings. The summed E-state index contributed by atoms with van der Waals surface area (Å²) in [5, 5.41) is 0. The van der Waals surface area contributed by atoms with E-state index in [9.17, 15) is 4.79 Å². The highest BCUT2D eigenvalue weighted by Crippen LogP contribution is 2.22. The number of benzene rings is 1. The Balaban J connectivity index is 1.48. The molecule has 0 bridgehead atoms. The molecular weight excluding hydrogens is 338 g/mol. The van der Waals surface area contributed by atoms with E-state index < -0.39 is 0 Å². The molecule has 2 fully saturated rings. The number of piperidine rings is 1. The van der Waals surface area contributed by atoms with Crippen LogP contribution in [0.15, 0.2) is 42.5 Å². The number of aromatic nitrogens is 1. The summed E-state index contributed by atoms with van der Waals surface area (Å²) >= 11 is 0. The number of aryl methyl sites for hydroxylation is 1. The number of hydrogen-bond acceptors (Lipinski definition) is 4. The van der Waals surface area contributed by atoms with Crippen molar-refractivity contribution in [3.05, 3.63) is 53.7 Å². The molecule has 142 valence electrons. The Hall–Kier alpha value is -2.24. The Labute approximate surface area is 161 Å². The first-order valence-corrected chi connectivity index (χ1v) is 9.86. The Morgan fingerprint density at radius 2 is 1.85 bits per heavy atom. The highest BCUT2D eigenvalue weighted by molar-refractivity contribution is 5.95. The van der Waals surface area contributed by atoms with Crippen LogP contribution < -0.4 is 0 Å². The topological polar surface area (TPSA) is 45.7 Å². The summed E-state index contributed by atoms with van der Waals surface area (Å²) in [7, 11) is 0. The van der Waals surface area contributed by atoms with E-state index in [1.807, 2.05) is 54.3 Å². The van der Waals surface area contributed by atoms with Gasteiger partial charge in [0.15, 0.2) is 0 Å². The molecule has 1 unspecified atom stereocenters. The van der Waals surface area contributed by atoms with E-state index in [1.54, 1.807) is 0 Å². The van der Waals surface area contributed by atoms with Crippen LogP contribution >= 0.6 is 0 Å². The van der Waals surface area contributed by atoms with Crippen LogP contribution in [0, 0.1) is 6.92 Å². The van der Waals surface area contributed by atoms with Gasteiger partial charge in [0.25, 0.3) is 5.91 Å².